The van der Waals surface area contributed by atoms with Crippen molar-refractivity contribution in [2.24, 2.45) is 0 Å². The maximum atomic E-state index is 11.8. The zero-order valence-electron chi connectivity index (χ0n) is 14.6. The second kappa shape index (κ2) is 10.0. The largest absolute Gasteiger partial charge is 0.494 e. The van der Waals surface area contributed by atoms with Crippen molar-refractivity contribution in [2.45, 2.75) is 19.8 Å². The van der Waals surface area contributed by atoms with Gasteiger partial charge in [-0.25, -0.2) is 0 Å². The molecule has 7 nitrogen and oxygen atoms in total. The van der Waals surface area contributed by atoms with E-state index in [0.29, 0.717) is 25.3 Å². The molecule has 2 rings (SSSR count). The van der Waals surface area contributed by atoms with Crippen molar-refractivity contribution in [3.63, 3.8) is 0 Å². The number of ether oxygens (including phenoxy) is 2. The monoisotopic (exact) mass is 358 g/mol. The van der Waals surface area contributed by atoms with Crippen LogP contribution in [0.4, 0.5) is 5.69 Å². The summed E-state index contributed by atoms with van der Waals surface area (Å²) >= 11 is 0. The molecular formula is C19H22N2O5. The van der Waals surface area contributed by atoms with Gasteiger partial charge in [0.1, 0.15) is 11.5 Å². The third kappa shape index (κ3) is 6.43. The highest BCUT2D eigenvalue weighted by Gasteiger charge is 2.05. The third-order valence-corrected chi connectivity index (χ3v) is 3.55. The highest BCUT2D eigenvalue weighted by atomic mass is 16.6. The summed E-state index contributed by atoms with van der Waals surface area (Å²) in [6, 6.07) is 13.4. The van der Waals surface area contributed by atoms with Crippen LogP contribution in [0.5, 0.6) is 11.5 Å². The Balaban J connectivity index is 1.67. The normalized spacial score (nSPS) is 10.2. The van der Waals surface area contributed by atoms with Crippen LogP contribution in [0.15, 0.2) is 48.5 Å². The number of carbonyl (C=O) groups is 1. The molecule has 0 saturated heterocycles. The van der Waals surface area contributed by atoms with Crippen LogP contribution in [0.1, 0.15) is 18.9 Å². The van der Waals surface area contributed by atoms with Crippen LogP contribution in [0.25, 0.3) is 0 Å². The minimum atomic E-state index is -0.439. The lowest BCUT2D eigenvalue weighted by atomic mass is 10.1. The first-order valence-corrected chi connectivity index (χ1v) is 8.44. The number of rotatable bonds is 10. The van der Waals surface area contributed by atoms with E-state index in [9.17, 15) is 14.9 Å². The van der Waals surface area contributed by atoms with Gasteiger partial charge in [0.05, 0.1) is 11.5 Å². The molecule has 0 radical (unpaired) electrons. The van der Waals surface area contributed by atoms with Crippen molar-refractivity contribution >= 4 is 11.6 Å². The minimum absolute atomic E-state index is 0.0531. The first kappa shape index (κ1) is 19.2. The van der Waals surface area contributed by atoms with Gasteiger partial charge in [0.25, 0.3) is 11.6 Å². The van der Waals surface area contributed by atoms with Crippen LogP contribution in [0.2, 0.25) is 0 Å². The van der Waals surface area contributed by atoms with Crippen molar-refractivity contribution in [1.29, 1.82) is 0 Å². The Hall–Kier alpha value is -3.09. The van der Waals surface area contributed by atoms with Crippen LogP contribution in [-0.4, -0.2) is 30.6 Å². The molecule has 0 aromatic heterocycles. The molecule has 2 aromatic rings. The minimum Gasteiger partial charge on any atom is -0.494 e. The summed E-state index contributed by atoms with van der Waals surface area (Å²) < 4.78 is 10.9. The number of hydrogen-bond acceptors (Lipinski definition) is 5. The Morgan fingerprint density at radius 2 is 1.65 bits per heavy atom. The van der Waals surface area contributed by atoms with Crippen LogP contribution < -0.4 is 14.8 Å². The molecule has 0 aliphatic rings. The highest BCUT2D eigenvalue weighted by Crippen LogP contribution is 2.17. The molecular weight excluding hydrogens is 336 g/mol. The number of hydrogen-bond donors (Lipinski definition) is 1. The molecule has 7 heteroatoms. The molecule has 0 unspecified atom stereocenters. The van der Waals surface area contributed by atoms with E-state index in [1.165, 1.54) is 12.1 Å². The topological polar surface area (TPSA) is 90.7 Å². The quantitative estimate of drug-likeness (QED) is 0.520. The summed E-state index contributed by atoms with van der Waals surface area (Å²) in [6.07, 6.45) is 1.53. The van der Waals surface area contributed by atoms with Gasteiger partial charge in [-0.15, -0.1) is 0 Å². The molecule has 0 aliphatic carbocycles. The van der Waals surface area contributed by atoms with E-state index in [4.69, 9.17) is 9.47 Å². The predicted octanol–water partition coefficient (Wildman–Crippen LogP) is 3.12. The predicted molar refractivity (Wildman–Crippen MR) is 97.5 cm³/mol. The van der Waals surface area contributed by atoms with Gasteiger partial charge in [0.2, 0.25) is 0 Å². The first-order chi connectivity index (χ1) is 12.6. The molecule has 26 heavy (non-hydrogen) atoms. The molecule has 0 heterocycles. The summed E-state index contributed by atoms with van der Waals surface area (Å²) in [6.45, 7) is 3.06. The van der Waals surface area contributed by atoms with Gasteiger partial charge in [-0.05, 0) is 42.7 Å². The molecule has 0 bridgehead atoms. The van der Waals surface area contributed by atoms with E-state index < -0.39 is 4.92 Å². The van der Waals surface area contributed by atoms with Crippen molar-refractivity contribution in [2.75, 3.05) is 19.8 Å². The second-order valence-electron chi connectivity index (χ2n) is 5.63. The van der Waals surface area contributed by atoms with Crippen LogP contribution >= 0.6 is 0 Å². The number of benzene rings is 2. The van der Waals surface area contributed by atoms with Gasteiger partial charge in [-0.3, -0.25) is 14.9 Å². The van der Waals surface area contributed by atoms with Gasteiger partial charge in [0.15, 0.2) is 6.61 Å². The van der Waals surface area contributed by atoms with Gasteiger partial charge >= 0.3 is 0 Å². The number of amides is 1. The van der Waals surface area contributed by atoms with E-state index in [-0.39, 0.29) is 18.2 Å². The SMILES string of the molecule is CCCOc1ccc(OCC(=O)NCCc2ccc([N+](=O)[O-])cc2)cc1. The fraction of sp³-hybridized carbons (Fsp3) is 0.316. The zero-order chi connectivity index (χ0) is 18.8. The Kier molecular flexibility index (Phi) is 7.42. The standard InChI is InChI=1S/C19H22N2O5/c1-2-13-25-17-7-9-18(10-8-17)26-14-19(22)20-12-11-15-3-5-16(6-4-15)21(23)24/h3-10H,2,11-14H2,1H3,(H,20,22). The smallest absolute Gasteiger partial charge is 0.269 e. The number of non-ortho nitro benzene ring substituents is 1. The van der Waals surface area contributed by atoms with Crippen LogP contribution in [0.3, 0.4) is 0 Å². The molecule has 138 valence electrons. The lowest BCUT2D eigenvalue weighted by Gasteiger charge is -2.09. The summed E-state index contributed by atoms with van der Waals surface area (Å²) in [5, 5.41) is 13.4. The van der Waals surface area contributed by atoms with Gasteiger partial charge < -0.3 is 14.8 Å². The Labute approximate surface area is 152 Å². The number of carbonyl (C=O) groups excluding carboxylic acids is 1. The fourth-order valence-corrected chi connectivity index (χ4v) is 2.18. The summed E-state index contributed by atoms with van der Waals surface area (Å²) in [5.74, 6) is 1.14. The molecule has 0 aliphatic heterocycles. The Morgan fingerprint density at radius 3 is 2.23 bits per heavy atom. The summed E-state index contributed by atoms with van der Waals surface area (Å²) in [4.78, 5) is 22.0. The van der Waals surface area contributed by atoms with Crippen LogP contribution in [-0.2, 0) is 11.2 Å². The lowest BCUT2D eigenvalue weighted by molar-refractivity contribution is -0.384. The van der Waals surface area contributed by atoms with Gasteiger partial charge in [0, 0.05) is 18.7 Å². The summed E-state index contributed by atoms with van der Waals surface area (Å²) in [7, 11) is 0. The van der Waals surface area contributed by atoms with Gasteiger partial charge in [-0.2, -0.15) is 0 Å². The maximum Gasteiger partial charge on any atom is 0.269 e. The van der Waals surface area contributed by atoms with E-state index in [1.807, 2.05) is 6.92 Å². The molecule has 0 saturated carbocycles. The summed E-state index contributed by atoms with van der Waals surface area (Å²) in [5.41, 5.74) is 0.969. The Morgan fingerprint density at radius 1 is 1.04 bits per heavy atom. The second-order valence-corrected chi connectivity index (χ2v) is 5.63. The molecule has 1 amide bonds. The number of nitrogens with zero attached hydrogens (tertiary/aromatic N) is 1. The van der Waals surface area contributed by atoms with Crippen molar-refractivity contribution < 1.29 is 19.2 Å². The third-order valence-electron chi connectivity index (χ3n) is 3.55. The number of nitro groups is 1. The number of nitro benzene ring substituents is 1. The van der Waals surface area contributed by atoms with Crippen LogP contribution in [0, 0.1) is 10.1 Å². The van der Waals surface area contributed by atoms with Gasteiger partial charge in [-0.1, -0.05) is 19.1 Å². The van der Waals surface area contributed by atoms with E-state index in [1.54, 1.807) is 36.4 Å². The molecule has 1 N–H and O–H groups in total. The fourth-order valence-electron chi connectivity index (χ4n) is 2.18. The molecule has 0 fully saturated rings. The lowest BCUT2D eigenvalue weighted by Crippen LogP contribution is -2.30. The maximum absolute atomic E-state index is 11.8. The van der Waals surface area contributed by atoms with Crippen molar-refractivity contribution in [1.82, 2.24) is 5.32 Å². The Bertz CT molecular complexity index is 714. The van der Waals surface area contributed by atoms with E-state index in [2.05, 4.69) is 5.32 Å². The first-order valence-electron chi connectivity index (χ1n) is 8.44. The highest BCUT2D eigenvalue weighted by molar-refractivity contribution is 5.77. The van der Waals surface area contributed by atoms with E-state index in [0.717, 1.165) is 17.7 Å². The number of nitrogens with one attached hydrogen (secondary N) is 1. The van der Waals surface area contributed by atoms with E-state index >= 15 is 0 Å². The zero-order valence-corrected chi connectivity index (χ0v) is 14.6. The molecule has 0 spiro atoms. The molecule has 2 aromatic carbocycles. The van der Waals surface area contributed by atoms with Crippen molar-refractivity contribution in [3.05, 3.63) is 64.2 Å². The molecule has 0 atom stereocenters. The average molecular weight is 358 g/mol. The average Bonchev–Trinajstić information content (AvgIpc) is 2.66. The van der Waals surface area contributed by atoms with Crippen molar-refractivity contribution in [3.8, 4) is 11.5 Å².